The highest BCUT2D eigenvalue weighted by atomic mass is 35.5. The lowest BCUT2D eigenvalue weighted by Gasteiger charge is -2.43. The number of cyclic esters (lactones) is 1. The van der Waals surface area contributed by atoms with Gasteiger partial charge in [0, 0.05) is 0 Å². The second-order valence-corrected chi connectivity index (χ2v) is 7.99. The molecule has 0 aromatic heterocycles. The van der Waals surface area contributed by atoms with Gasteiger partial charge < -0.3 is 9.47 Å². The highest BCUT2D eigenvalue weighted by Gasteiger charge is 2.63. The lowest BCUT2D eigenvalue weighted by molar-refractivity contribution is -0.193. The lowest BCUT2D eigenvalue weighted by Crippen LogP contribution is -2.50. The monoisotopic (exact) mass is 300 g/mol. The number of rotatable bonds is 3. The molecule has 20 heavy (non-hydrogen) atoms. The largest absolute Gasteiger partial charge is 0.433 e. The third-order valence-corrected chi connectivity index (χ3v) is 6.19. The Kier molecular flexibility index (Phi) is 3.79. The van der Waals surface area contributed by atoms with Crippen LogP contribution in [0.2, 0.25) is 0 Å². The molecule has 3 fully saturated rings. The summed E-state index contributed by atoms with van der Waals surface area (Å²) in [6.45, 7) is 6.77. The summed E-state index contributed by atoms with van der Waals surface area (Å²) in [5, 5.41) is 0. The Morgan fingerprint density at radius 2 is 2.10 bits per heavy atom. The second kappa shape index (κ2) is 5.17. The van der Waals surface area contributed by atoms with Gasteiger partial charge >= 0.3 is 5.97 Å². The van der Waals surface area contributed by atoms with Crippen molar-refractivity contribution in [2.24, 2.45) is 23.7 Å². The summed E-state index contributed by atoms with van der Waals surface area (Å²) in [5.41, 5.74) is 0. The molecule has 3 rings (SSSR count). The van der Waals surface area contributed by atoms with E-state index in [0.29, 0.717) is 17.8 Å². The standard InChI is InChI=1S/C16H25ClO3/c1-9(2)11-5-4-10(3)8-13(11)19-15-16(17)7-6-12(16)14(18)20-15/h9-13,15H,4-8H2,1-3H3/t10-,11+,12+,13-,15+,16-/m1/s1. The molecular formula is C16H25ClO3. The molecule has 0 aromatic rings. The third kappa shape index (κ3) is 2.27. The molecule has 0 amide bonds. The van der Waals surface area contributed by atoms with Gasteiger partial charge in [0.15, 0.2) is 0 Å². The maximum absolute atomic E-state index is 11.8. The summed E-state index contributed by atoms with van der Waals surface area (Å²) in [4.78, 5) is 11.2. The average molecular weight is 301 g/mol. The molecule has 0 radical (unpaired) electrons. The van der Waals surface area contributed by atoms with E-state index in [1.807, 2.05) is 0 Å². The van der Waals surface area contributed by atoms with Crippen LogP contribution >= 0.6 is 11.6 Å². The van der Waals surface area contributed by atoms with Crippen molar-refractivity contribution < 1.29 is 14.3 Å². The van der Waals surface area contributed by atoms with Crippen LogP contribution in [0.1, 0.15) is 52.9 Å². The maximum Gasteiger partial charge on any atom is 0.313 e. The van der Waals surface area contributed by atoms with Crippen molar-refractivity contribution in [2.45, 2.75) is 70.1 Å². The molecule has 0 N–H and O–H groups in total. The van der Waals surface area contributed by atoms with Crippen molar-refractivity contribution in [1.29, 1.82) is 0 Å². The van der Waals surface area contributed by atoms with Gasteiger partial charge in [-0.15, -0.1) is 11.6 Å². The fraction of sp³-hybridized carbons (Fsp3) is 0.938. The molecule has 0 bridgehead atoms. The van der Waals surface area contributed by atoms with Crippen LogP contribution in [0.3, 0.4) is 0 Å². The van der Waals surface area contributed by atoms with Crippen molar-refractivity contribution in [1.82, 2.24) is 0 Å². The van der Waals surface area contributed by atoms with Crippen molar-refractivity contribution >= 4 is 17.6 Å². The van der Waals surface area contributed by atoms with Crippen molar-refractivity contribution in [2.75, 3.05) is 0 Å². The Morgan fingerprint density at radius 1 is 1.35 bits per heavy atom. The minimum absolute atomic E-state index is 0.146. The Morgan fingerprint density at radius 3 is 2.65 bits per heavy atom. The van der Waals surface area contributed by atoms with Crippen LogP contribution in [0.4, 0.5) is 0 Å². The first kappa shape index (κ1) is 14.6. The first-order valence-electron chi connectivity index (χ1n) is 7.96. The van der Waals surface area contributed by atoms with Crippen LogP contribution in [-0.2, 0) is 14.3 Å². The van der Waals surface area contributed by atoms with Gasteiger partial charge in [-0.2, -0.15) is 0 Å². The zero-order valence-electron chi connectivity index (χ0n) is 12.6. The molecule has 2 aliphatic carbocycles. The number of esters is 1. The molecule has 114 valence electrons. The zero-order chi connectivity index (χ0) is 14.5. The molecule has 6 atom stereocenters. The normalized spacial score (nSPS) is 47.9. The molecule has 1 aliphatic heterocycles. The summed E-state index contributed by atoms with van der Waals surface area (Å²) in [6, 6.07) is 0. The number of fused-ring (bicyclic) bond motifs is 1. The van der Waals surface area contributed by atoms with Crippen molar-refractivity contribution in [3.63, 3.8) is 0 Å². The van der Waals surface area contributed by atoms with Crippen LogP contribution in [0, 0.1) is 23.7 Å². The number of carbonyl (C=O) groups is 1. The Balaban J connectivity index is 1.70. The fourth-order valence-corrected chi connectivity index (χ4v) is 4.42. The molecule has 2 saturated carbocycles. The second-order valence-electron chi connectivity index (χ2n) is 7.29. The van der Waals surface area contributed by atoms with Gasteiger partial charge in [0.1, 0.15) is 4.87 Å². The topological polar surface area (TPSA) is 35.5 Å². The van der Waals surface area contributed by atoms with E-state index in [1.54, 1.807) is 0 Å². The molecule has 0 unspecified atom stereocenters. The fourth-order valence-electron chi connectivity index (χ4n) is 4.02. The SMILES string of the molecule is CC(C)[C@@H]1CC[C@@H](C)C[C@H]1O[C@H]1OC(=O)[C@@H]2CC[C@]12Cl. The molecule has 0 spiro atoms. The minimum atomic E-state index is -0.584. The number of halogens is 1. The molecule has 0 aromatic carbocycles. The lowest BCUT2D eigenvalue weighted by atomic mass is 9.73. The van der Waals surface area contributed by atoms with E-state index in [0.717, 1.165) is 19.3 Å². The van der Waals surface area contributed by atoms with Gasteiger partial charge in [0.25, 0.3) is 0 Å². The van der Waals surface area contributed by atoms with E-state index in [4.69, 9.17) is 21.1 Å². The van der Waals surface area contributed by atoms with Gasteiger partial charge in [-0.1, -0.05) is 27.2 Å². The van der Waals surface area contributed by atoms with Gasteiger partial charge in [-0.3, -0.25) is 4.79 Å². The van der Waals surface area contributed by atoms with E-state index in [-0.39, 0.29) is 18.0 Å². The number of hydrogen-bond donors (Lipinski definition) is 0. The highest BCUT2D eigenvalue weighted by Crippen LogP contribution is 2.54. The van der Waals surface area contributed by atoms with Gasteiger partial charge in [-0.25, -0.2) is 0 Å². The van der Waals surface area contributed by atoms with Gasteiger partial charge in [-0.05, 0) is 43.4 Å². The van der Waals surface area contributed by atoms with Crippen LogP contribution in [-0.4, -0.2) is 23.2 Å². The minimum Gasteiger partial charge on any atom is -0.433 e. The Hall–Kier alpha value is -0.280. The molecule has 1 saturated heterocycles. The maximum atomic E-state index is 11.8. The summed E-state index contributed by atoms with van der Waals surface area (Å²) in [7, 11) is 0. The number of hydrogen-bond acceptors (Lipinski definition) is 3. The summed E-state index contributed by atoms with van der Waals surface area (Å²) >= 11 is 6.58. The number of alkyl halides is 1. The van der Waals surface area contributed by atoms with Crippen molar-refractivity contribution in [3.8, 4) is 0 Å². The van der Waals surface area contributed by atoms with Crippen LogP contribution < -0.4 is 0 Å². The molecular weight excluding hydrogens is 276 g/mol. The first-order chi connectivity index (χ1) is 9.41. The van der Waals surface area contributed by atoms with E-state index < -0.39 is 11.2 Å². The third-order valence-electron chi connectivity index (χ3n) is 5.55. The summed E-state index contributed by atoms with van der Waals surface area (Å²) < 4.78 is 11.7. The molecule has 3 nitrogen and oxygen atoms in total. The smallest absolute Gasteiger partial charge is 0.313 e. The Bertz CT molecular complexity index is 397. The average Bonchev–Trinajstić information content (AvgIpc) is 2.49. The molecule has 4 heteroatoms. The highest BCUT2D eigenvalue weighted by molar-refractivity contribution is 6.27. The van der Waals surface area contributed by atoms with Crippen LogP contribution in [0.15, 0.2) is 0 Å². The van der Waals surface area contributed by atoms with Crippen molar-refractivity contribution in [3.05, 3.63) is 0 Å². The molecule has 3 aliphatic rings. The molecule has 1 heterocycles. The summed E-state index contributed by atoms with van der Waals surface area (Å²) in [5.74, 6) is 1.50. The van der Waals surface area contributed by atoms with Crippen LogP contribution in [0.25, 0.3) is 0 Å². The van der Waals surface area contributed by atoms with Gasteiger partial charge in [0.05, 0.1) is 12.0 Å². The number of ether oxygens (including phenoxy) is 2. The predicted octanol–water partition coefficient (Wildman–Crippen LogP) is 3.73. The summed E-state index contributed by atoms with van der Waals surface area (Å²) in [6.07, 6.45) is 4.82. The first-order valence-corrected chi connectivity index (χ1v) is 8.34. The Labute approximate surface area is 126 Å². The van der Waals surface area contributed by atoms with E-state index in [2.05, 4.69) is 20.8 Å². The van der Waals surface area contributed by atoms with Crippen LogP contribution in [0.5, 0.6) is 0 Å². The van der Waals surface area contributed by atoms with E-state index >= 15 is 0 Å². The zero-order valence-corrected chi connectivity index (χ0v) is 13.4. The van der Waals surface area contributed by atoms with E-state index in [9.17, 15) is 4.79 Å². The van der Waals surface area contributed by atoms with E-state index in [1.165, 1.54) is 12.8 Å². The van der Waals surface area contributed by atoms with Gasteiger partial charge in [0.2, 0.25) is 6.29 Å². The quantitative estimate of drug-likeness (QED) is 0.588. The predicted molar refractivity (Wildman–Crippen MR) is 77.4 cm³/mol. The number of carbonyl (C=O) groups excluding carboxylic acids is 1.